The maximum atomic E-state index is 14.2. The number of ether oxygens (including phenoxy) is 3. The molecular weight excluding hydrogens is 447 g/mol. The monoisotopic (exact) mass is 468 g/mol. The molecule has 33 heavy (non-hydrogen) atoms. The number of carbonyl (C=O) groups excluding carboxylic acids is 1. The molecule has 0 bridgehead atoms. The number of esters is 1. The third-order valence-electron chi connectivity index (χ3n) is 5.34. The first-order valence-corrected chi connectivity index (χ1v) is 10.8. The van der Waals surface area contributed by atoms with Crippen LogP contribution in [0.1, 0.15) is 24.1 Å². The number of nitrogens with zero attached hydrogens (tertiary/aromatic N) is 2. The summed E-state index contributed by atoms with van der Waals surface area (Å²) in [4.78, 5) is 31.1. The number of fused-ring (bicyclic) bond motifs is 1. The van der Waals surface area contributed by atoms with Crippen LogP contribution in [0.15, 0.2) is 63.5 Å². The molecule has 1 aliphatic rings. The second-order valence-corrected chi connectivity index (χ2v) is 8.22. The van der Waals surface area contributed by atoms with Crippen LogP contribution >= 0.6 is 11.3 Å². The summed E-state index contributed by atoms with van der Waals surface area (Å²) in [6.07, 6.45) is 1.49. The number of aromatic nitrogens is 1. The van der Waals surface area contributed by atoms with Crippen molar-refractivity contribution in [1.82, 2.24) is 4.57 Å². The Balaban J connectivity index is 2.00. The Morgan fingerprint density at radius 1 is 1.12 bits per heavy atom. The summed E-state index contributed by atoms with van der Waals surface area (Å²) < 4.78 is 31.7. The molecule has 0 unspecified atom stereocenters. The Labute approximate surface area is 192 Å². The Hall–Kier alpha value is -3.72. The number of halogens is 1. The van der Waals surface area contributed by atoms with Gasteiger partial charge in [0.05, 0.1) is 43.2 Å². The van der Waals surface area contributed by atoms with Gasteiger partial charge < -0.3 is 14.2 Å². The first kappa shape index (κ1) is 22.5. The lowest BCUT2D eigenvalue weighted by Crippen LogP contribution is -2.39. The van der Waals surface area contributed by atoms with Crippen LogP contribution < -0.4 is 24.4 Å². The molecule has 1 aromatic heterocycles. The van der Waals surface area contributed by atoms with E-state index in [0.717, 1.165) is 11.3 Å². The van der Waals surface area contributed by atoms with Crippen molar-refractivity contribution in [3.63, 3.8) is 0 Å². The number of thiazole rings is 1. The van der Waals surface area contributed by atoms with Gasteiger partial charge in [-0.3, -0.25) is 9.36 Å². The molecule has 0 saturated carbocycles. The van der Waals surface area contributed by atoms with Crippen LogP contribution in [0.5, 0.6) is 11.5 Å². The summed E-state index contributed by atoms with van der Waals surface area (Å²) in [5.41, 5.74) is 1.17. The van der Waals surface area contributed by atoms with Crippen LogP contribution in [-0.2, 0) is 9.53 Å². The zero-order valence-corrected chi connectivity index (χ0v) is 19.2. The maximum Gasteiger partial charge on any atom is 0.338 e. The molecule has 3 aromatic rings. The molecule has 4 rings (SSSR count). The first-order chi connectivity index (χ1) is 15.9. The number of carbonyl (C=O) groups is 1. The molecule has 7 nitrogen and oxygen atoms in total. The Morgan fingerprint density at radius 2 is 1.85 bits per heavy atom. The van der Waals surface area contributed by atoms with Crippen molar-refractivity contribution in [3.05, 3.63) is 90.4 Å². The Morgan fingerprint density at radius 3 is 2.52 bits per heavy atom. The molecule has 0 amide bonds. The van der Waals surface area contributed by atoms with E-state index in [1.165, 1.54) is 38.0 Å². The Bertz CT molecular complexity index is 1450. The van der Waals surface area contributed by atoms with E-state index in [4.69, 9.17) is 14.2 Å². The number of allylic oxidation sites excluding steroid dienone is 1. The van der Waals surface area contributed by atoms with Crippen LogP contribution in [0, 0.1) is 5.82 Å². The number of rotatable bonds is 5. The molecule has 9 heteroatoms. The van der Waals surface area contributed by atoms with E-state index >= 15 is 0 Å². The predicted molar refractivity (Wildman–Crippen MR) is 122 cm³/mol. The van der Waals surface area contributed by atoms with Gasteiger partial charge in [-0.25, -0.2) is 14.2 Å². The van der Waals surface area contributed by atoms with E-state index in [0.29, 0.717) is 32.1 Å². The fraction of sp³-hybridized carbons (Fsp3) is 0.208. The third kappa shape index (κ3) is 3.95. The van der Waals surface area contributed by atoms with E-state index in [1.54, 1.807) is 43.3 Å². The van der Waals surface area contributed by atoms with Crippen molar-refractivity contribution in [3.8, 4) is 11.5 Å². The second kappa shape index (κ2) is 9.03. The predicted octanol–water partition coefficient (Wildman–Crippen LogP) is 2.56. The molecule has 0 radical (unpaired) electrons. The molecular formula is C24H21FN2O5S. The Kier molecular flexibility index (Phi) is 6.15. The van der Waals surface area contributed by atoms with E-state index in [9.17, 15) is 14.0 Å². The summed E-state index contributed by atoms with van der Waals surface area (Å²) in [7, 11) is 4.30. The minimum Gasteiger partial charge on any atom is -0.493 e. The third-order valence-corrected chi connectivity index (χ3v) is 6.33. The lowest BCUT2D eigenvalue weighted by atomic mass is 9.95. The van der Waals surface area contributed by atoms with E-state index in [1.807, 2.05) is 0 Å². The van der Waals surface area contributed by atoms with Crippen molar-refractivity contribution in [2.75, 3.05) is 21.3 Å². The highest BCUT2D eigenvalue weighted by Gasteiger charge is 2.33. The zero-order chi connectivity index (χ0) is 23.7. The second-order valence-electron chi connectivity index (χ2n) is 7.21. The minimum atomic E-state index is -0.809. The van der Waals surface area contributed by atoms with Gasteiger partial charge in [0.25, 0.3) is 5.56 Å². The van der Waals surface area contributed by atoms with Gasteiger partial charge in [0.2, 0.25) is 0 Å². The van der Waals surface area contributed by atoms with Crippen LogP contribution in [0.3, 0.4) is 0 Å². The standard InChI is InChI=1S/C24H21FN2O5S/c1-13-20(23(29)32-4)21(15-9-10-17(30-2)18(11-15)31-3)27-22(28)19(33-24(27)26-13)12-14-7-5-6-8-16(14)25/h5-12,21H,1-4H3/b19-12+/t21-/m1/s1. The van der Waals surface area contributed by atoms with Gasteiger partial charge in [0, 0.05) is 5.56 Å². The molecule has 1 atom stereocenters. The normalized spacial score (nSPS) is 15.7. The van der Waals surface area contributed by atoms with E-state index < -0.39 is 23.4 Å². The minimum absolute atomic E-state index is 0.231. The summed E-state index contributed by atoms with van der Waals surface area (Å²) in [5, 5.41) is 0. The number of hydrogen-bond acceptors (Lipinski definition) is 7. The summed E-state index contributed by atoms with van der Waals surface area (Å²) in [6.45, 7) is 1.69. The molecule has 0 saturated heterocycles. The highest BCUT2D eigenvalue weighted by molar-refractivity contribution is 7.07. The van der Waals surface area contributed by atoms with Gasteiger partial charge in [0.15, 0.2) is 16.3 Å². The molecule has 1 aliphatic heterocycles. The molecule has 0 spiro atoms. The molecule has 2 aromatic carbocycles. The average Bonchev–Trinajstić information content (AvgIpc) is 3.13. The SMILES string of the molecule is COC(=O)C1=C(C)N=c2s/c(=C/c3ccccc3F)c(=O)n2[C@@H]1c1ccc(OC)c(OC)c1. The fourth-order valence-corrected chi connectivity index (χ4v) is 4.80. The van der Waals surface area contributed by atoms with Gasteiger partial charge in [0.1, 0.15) is 5.82 Å². The average molecular weight is 469 g/mol. The smallest absolute Gasteiger partial charge is 0.338 e. The quantitative estimate of drug-likeness (QED) is 0.538. The van der Waals surface area contributed by atoms with Gasteiger partial charge in [-0.05, 0) is 36.8 Å². The van der Waals surface area contributed by atoms with E-state index in [-0.39, 0.29) is 11.1 Å². The maximum absolute atomic E-state index is 14.2. The van der Waals surface area contributed by atoms with Gasteiger partial charge in [-0.2, -0.15) is 0 Å². The van der Waals surface area contributed by atoms with Crippen molar-refractivity contribution >= 4 is 23.4 Å². The highest BCUT2D eigenvalue weighted by atomic mass is 32.1. The number of hydrogen-bond donors (Lipinski definition) is 0. The topological polar surface area (TPSA) is 79.1 Å². The summed E-state index contributed by atoms with van der Waals surface area (Å²) in [6, 6.07) is 10.5. The molecule has 170 valence electrons. The number of methoxy groups -OCH3 is 3. The lowest BCUT2D eigenvalue weighted by molar-refractivity contribution is -0.136. The van der Waals surface area contributed by atoms with Gasteiger partial charge in [-0.15, -0.1) is 0 Å². The fourth-order valence-electron chi connectivity index (χ4n) is 3.76. The number of benzene rings is 2. The summed E-state index contributed by atoms with van der Waals surface area (Å²) >= 11 is 1.13. The van der Waals surface area contributed by atoms with Gasteiger partial charge in [-0.1, -0.05) is 35.6 Å². The van der Waals surface area contributed by atoms with Crippen molar-refractivity contribution in [2.24, 2.45) is 4.99 Å². The first-order valence-electron chi connectivity index (χ1n) is 9.97. The molecule has 0 aliphatic carbocycles. The molecule has 2 heterocycles. The molecule has 0 fully saturated rings. The van der Waals surface area contributed by atoms with Crippen LogP contribution in [0.4, 0.5) is 4.39 Å². The van der Waals surface area contributed by atoms with Crippen LogP contribution in [0.25, 0.3) is 6.08 Å². The largest absolute Gasteiger partial charge is 0.493 e. The van der Waals surface area contributed by atoms with Crippen molar-refractivity contribution in [2.45, 2.75) is 13.0 Å². The van der Waals surface area contributed by atoms with Crippen LogP contribution in [0.2, 0.25) is 0 Å². The van der Waals surface area contributed by atoms with Crippen molar-refractivity contribution in [1.29, 1.82) is 0 Å². The lowest BCUT2D eigenvalue weighted by Gasteiger charge is -2.25. The van der Waals surface area contributed by atoms with Crippen LogP contribution in [-0.4, -0.2) is 31.9 Å². The highest BCUT2D eigenvalue weighted by Crippen LogP contribution is 2.35. The van der Waals surface area contributed by atoms with Gasteiger partial charge >= 0.3 is 5.97 Å². The van der Waals surface area contributed by atoms with E-state index in [2.05, 4.69) is 4.99 Å². The summed E-state index contributed by atoms with van der Waals surface area (Å²) in [5.74, 6) is -0.0819. The zero-order valence-electron chi connectivity index (χ0n) is 18.4. The molecule has 0 N–H and O–H groups in total. The van der Waals surface area contributed by atoms with Crippen molar-refractivity contribution < 1.29 is 23.4 Å².